The summed E-state index contributed by atoms with van der Waals surface area (Å²) in [6.07, 6.45) is 0.818. The number of nitrogens with zero attached hydrogens (tertiary/aromatic N) is 4. The zero-order chi connectivity index (χ0) is 29.6. The number of hydrogen-bond donors (Lipinski definition) is 0. The maximum absolute atomic E-state index is 14.5. The SMILES string of the molecule is COCCOc1cc(OC)ccc1C1=NC(c2ccc(Cl)cc2)C(c2ccc(Cl)cc2)N1C(=O)N1CCN(C=O)CC1. The highest BCUT2D eigenvalue weighted by Gasteiger charge is 2.45. The van der Waals surface area contributed by atoms with Crippen molar-refractivity contribution in [2.24, 2.45) is 4.99 Å². The normalized spacial score (nSPS) is 18.6. The van der Waals surface area contributed by atoms with Crippen molar-refractivity contribution >= 4 is 41.5 Å². The first-order valence-electron chi connectivity index (χ1n) is 13.6. The van der Waals surface area contributed by atoms with Crippen LogP contribution >= 0.6 is 23.2 Å². The number of rotatable bonds is 9. The van der Waals surface area contributed by atoms with Crippen molar-refractivity contribution in [3.05, 3.63) is 93.5 Å². The van der Waals surface area contributed by atoms with Gasteiger partial charge in [0, 0.05) is 49.4 Å². The molecule has 3 aromatic carbocycles. The molecule has 220 valence electrons. The average molecular weight is 612 g/mol. The van der Waals surface area contributed by atoms with Crippen LogP contribution in [0, 0.1) is 0 Å². The number of amidine groups is 1. The van der Waals surface area contributed by atoms with Gasteiger partial charge in [-0.1, -0.05) is 47.5 Å². The van der Waals surface area contributed by atoms with Crippen LogP contribution in [0.3, 0.4) is 0 Å². The molecule has 3 amide bonds. The zero-order valence-corrected chi connectivity index (χ0v) is 24.9. The molecular weight excluding hydrogens is 579 g/mol. The van der Waals surface area contributed by atoms with Crippen molar-refractivity contribution in [1.82, 2.24) is 14.7 Å². The predicted molar refractivity (Wildman–Crippen MR) is 162 cm³/mol. The van der Waals surface area contributed by atoms with E-state index in [0.717, 1.165) is 17.5 Å². The van der Waals surface area contributed by atoms with E-state index in [4.69, 9.17) is 42.4 Å². The molecule has 0 radical (unpaired) electrons. The van der Waals surface area contributed by atoms with Gasteiger partial charge in [0.25, 0.3) is 0 Å². The van der Waals surface area contributed by atoms with E-state index in [1.165, 1.54) is 0 Å². The van der Waals surface area contributed by atoms with Crippen LogP contribution in [0.5, 0.6) is 11.5 Å². The van der Waals surface area contributed by atoms with Crippen LogP contribution in [0.4, 0.5) is 4.79 Å². The fraction of sp³-hybridized carbons (Fsp3) is 0.323. The third-order valence-electron chi connectivity index (χ3n) is 7.40. The summed E-state index contributed by atoms with van der Waals surface area (Å²) in [5.74, 6) is 1.59. The fourth-order valence-electron chi connectivity index (χ4n) is 5.19. The van der Waals surface area contributed by atoms with E-state index in [0.29, 0.717) is 72.3 Å². The highest BCUT2D eigenvalue weighted by molar-refractivity contribution is 6.30. The molecule has 2 unspecified atom stereocenters. The summed E-state index contributed by atoms with van der Waals surface area (Å²) in [6.45, 7) is 2.39. The molecule has 2 aliphatic heterocycles. The first kappa shape index (κ1) is 29.7. The molecule has 0 N–H and O–H groups in total. The third kappa shape index (κ3) is 6.33. The van der Waals surface area contributed by atoms with Crippen LogP contribution in [0.25, 0.3) is 0 Å². The Kier molecular flexibility index (Phi) is 9.51. The summed E-state index contributed by atoms with van der Waals surface area (Å²) in [6, 6.07) is 19.3. The number of benzene rings is 3. The third-order valence-corrected chi connectivity index (χ3v) is 7.91. The number of halogens is 2. The summed E-state index contributed by atoms with van der Waals surface area (Å²) in [5, 5.41) is 1.20. The number of piperazine rings is 1. The molecule has 3 aromatic rings. The van der Waals surface area contributed by atoms with E-state index in [2.05, 4.69) is 0 Å². The lowest BCUT2D eigenvalue weighted by Crippen LogP contribution is -2.53. The van der Waals surface area contributed by atoms with Gasteiger partial charge in [-0.3, -0.25) is 14.7 Å². The molecule has 1 saturated heterocycles. The molecule has 2 aliphatic rings. The van der Waals surface area contributed by atoms with E-state index in [9.17, 15) is 9.59 Å². The second-order valence-corrected chi connectivity index (χ2v) is 10.8. The zero-order valence-electron chi connectivity index (χ0n) is 23.4. The summed E-state index contributed by atoms with van der Waals surface area (Å²) < 4.78 is 16.8. The highest BCUT2D eigenvalue weighted by Crippen LogP contribution is 2.45. The van der Waals surface area contributed by atoms with E-state index in [1.807, 2.05) is 60.7 Å². The second-order valence-electron chi connectivity index (χ2n) is 9.93. The minimum atomic E-state index is -0.496. The lowest BCUT2D eigenvalue weighted by atomic mass is 9.93. The molecule has 0 aromatic heterocycles. The summed E-state index contributed by atoms with van der Waals surface area (Å²) in [4.78, 5) is 36.2. The topological polar surface area (TPSA) is 83.9 Å². The molecule has 0 aliphatic carbocycles. The van der Waals surface area contributed by atoms with E-state index in [1.54, 1.807) is 35.0 Å². The Morgan fingerprint density at radius 1 is 0.905 bits per heavy atom. The highest BCUT2D eigenvalue weighted by atomic mass is 35.5. The molecule has 0 bridgehead atoms. The molecule has 11 heteroatoms. The van der Waals surface area contributed by atoms with Crippen molar-refractivity contribution in [2.75, 3.05) is 53.6 Å². The van der Waals surface area contributed by atoms with Gasteiger partial charge in [-0.2, -0.15) is 0 Å². The standard InChI is InChI=1S/C31H32Cl2N4O5/c1-40-17-18-42-27-19-25(41-2)11-12-26(27)30-34-28(21-3-7-23(32)8-4-21)29(22-5-9-24(33)10-6-22)37(30)31(39)36-15-13-35(20-38)14-16-36/h3-12,19-20,28-29H,13-18H2,1-2H3. The number of hydrogen-bond acceptors (Lipinski definition) is 6. The second kappa shape index (κ2) is 13.5. The molecule has 5 rings (SSSR count). The van der Waals surface area contributed by atoms with Gasteiger partial charge in [-0.05, 0) is 47.5 Å². The van der Waals surface area contributed by atoms with Gasteiger partial charge >= 0.3 is 6.03 Å². The van der Waals surface area contributed by atoms with Crippen LogP contribution in [0.15, 0.2) is 71.7 Å². The Labute approximate surface area is 255 Å². The van der Waals surface area contributed by atoms with E-state index < -0.39 is 12.1 Å². The molecule has 2 heterocycles. The van der Waals surface area contributed by atoms with Crippen LogP contribution in [0.2, 0.25) is 10.0 Å². The predicted octanol–water partition coefficient (Wildman–Crippen LogP) is 5.47. The van der Waals surface area contributed by atoms with Gasteiger partial charge in [0.05, 0.1) is 25.3 Å². The fourth-order valence-corrected chi connectivity index (χ4v) is 5.45. The minimum Gasteiger partial charge on any atom is -0.497 e. The molecule has 1 fully saturated rings. The Bertz CT molecular complexity index is 1430. The largest absolute Gasteiger partial charge is 0.497 e. The Morgan fingerprint density at radius 2 is 1.55 bits per heavy atom. The van der Waals surface area contributed by atoms with E-state index >= 15 is 0 Å². The number of aliphatic imine (C=N–C) groups is 1. The van der Waals surface area contributed by atoms with Gasteiger partial charge in [0.1, 0.15) is 30.0 Å². The van der Waals surface area contributed by atoms with Gasteiger partial charge in [0.15, 0.2) is 0 Å². The number of carbonyl (C=O) groups excluding carboxylic acids is 2. The van der Waals surface area contributed by atoms with Crippen molar-refractivity contribution in [1.29, 1.82) is 0 Å². The smallest absolute Gasteiger partial charge is 0.326 e. The minimum absolute atomic E-state index is 0.214. The molecule has 9 nitrogen and oxygen atoms in total. The monoisotopic (exact) mass is 610 g/mol. The van der Waals surface area contributed by atoms with Crippen LogP contribution in [-0.2, 0) is 9.53 Å². The van der Waals surface area contributed by atoms with Gasteiger partial charge in [0.2, 0.25) is 6.41 Å². The van der Waals surface area contributed by atoms with Crippen molar-refractivity contribution in [3.63, 3.8) is 0 Å². The van der Waals surface area contributed by atoms with E-state index in [-0.39, 0.29) is 6.03 Å². The Morgan fingerprint density at radius 3 is 2.14 bits per heavy atom. The number of methoxy groups -OCH3 is 2. The quantitative estimate of drug-likeness (QED) is 0.237. The molecule has 0 saturated carbocycles. The number of amides is 3. The lowest BCUT2D eigenvalue weighted by molar-refractivity contribution is -0.119. The number of carbonyl (C=O) groups is 2. The average Bonchev–Trinajstić information content (AvgIpc) is 3.41. The first-order chi connectivity index (χ1) is 20.4. The number of urea groups is 1. The Balaban J connectivity index is 1.65. The molecular formula is C31H32Cl2N4O5. The summed E-state index contributed by atoms with van der Waals surface area (Å²) in [5.41, 5.74) is 2.41. The molecule has 2 atom stereocenters. The summed E-state index contributed by atoms with van der Waals surface area (Å²) in [7, 11) is 3.19. The first-order valence-corrected chi connectivity index (χ1v) is 14.4. The number of ether oxygens (including phenoxy) is 3. The van der Waals surface area contributed by atoms with Crippen LogP contribution in [0.1, 0.15) is 28.8 Å². The maximum Gasteiger partial charge on any atom is 0.326 e. The van der Waals surface area contributed by atoms with Gasteiger partial charge < -0.3 is 24.0 Å². The van der Waals surface area contributed by atoms with Crippen molar-refractivity contribution in [3.8, 4) is 11.5 Å². The van der Waals surface area contributed by atoms with Crippen molar-refractivity contribution < 1.29 is 23.8 Å². The Hall–Kier alpha value is -3.79. The van der Waals surface area contributed by atoms with Crippen LogP contribution in [-0.4, -0.2) is 86.6 Å². The van der Waals surface area contributed by atoms with Crippen molar-refractivity contribution in [2.45, 2.75) is 12.1 Å². The molecule has 42 heavy (non-hydrogen) atoms. The lowest BCUT2D eigenvalue weighted by Gasteiger charge is -2.38. The molecule has 0 spiro atoms. The maximum atomic E-state index is 14.5. The van der Waals surface area contributed by atoms with Gasteiger partial charge in [-0.25, -0.2) is 4.79 Å². The van der Waals surface area contributed by atoms with Crippen LogP contribution < -0.4 is 9.47 Å². The summed E-state index contributed by atoms with van der Waals surface area (Å²) >= 11 is 12.5. The van der Waals surface area contributed by atoms with Gasteiger partial charge in [-0.15, -0.1) is 0 Å².